The molecule has 0 amide bonds. The molecule has 0 aromatic heterocycles. The maximum Gasteiger partial charge on any atom is 0.338 e. The van der Waals surface area contributed by atoms with Crippen molar-refractivity contribution in [3.63, 3.8) is 0 Å². The van der Waals surface area contributed by atoms with Crippen LogP contribution in [0.5, 0.6) is 0 Å². The van der Waals surface area contributed by atoms with Crippen LogP contribution in [0.1, 0.15) is 49.4 Å². The van der Waals surface area contributed by atoms with E-state index in [0.717, 1.165) is 22.3 Å². The van der Waals surface area contributed by atoms with Gasteiger partial charge in [-0.15, -0.1) is 0 Å². The second kappa shape index (κ2) is 7.82. The Morgan fingerprint density at radius 2 is 1.90 bits per heavy atom. The number of hydrogen-bond donors (Lipinski definition) is 1. The summed E-state index contributed by atoms with van der Waals surface area (Å²) < 4.78 is 19.7. The van der Waals surface area contributed by atoms with Crippen molar-refractivity contribution in [1.82, 2.24) is 0 Å². The van der Waals surface area contributed by atoms with Gasteiger partial charge in [-0.2, -0.15) is 0 Å². The molecule has 3 rings (SSSR count). The highest BCUT2D eigenvalue weighted by Crippen LogP contribution is 2.42. The average molecular weight is 396 g/mol. The third kappa shape index (κ3) is 4.09. The molecule has 0 unspecified atom stereocenters. The SMILES string of the molecule is CCOC(=O)C1=CCC(C)(C)c2cc(-c3ccc(CC(=O)O)c(F)c3)c(C)cc21. The summed E-state index contributed by atoms with van der Waals surface area (Å²) in [6.45, 7) is 8.24. The number of allylic oxidation sites excluding steroid dienone is 1. The van der Waals surface area contributed by atoms with E-state index < -0.39 is 11.8 Å². The fraction of sp³-hybridized carbons (Fsp3) is 0.333. The lowest BCUT2D eigenvalue weighted by Gasteiger charge is -2.32. The maximum absolute atomic E-state index is 14.4. The number of ether oxygens (including phenoxy) is 1. The molecule has 5 heteroatoms. The summed E-state index contributed by atoms with van der Waals surface area (Å²) in [7, 11) is 0. The van der Waals surface area contributed by atoms with Crippen LogP contribution in [0, 0.1) is 12.7 Å². The fourth-order valence-corrected chi connectivity index (χ4v) is 3.80. The fourth-order valence-electron chi connectivity index (χ4n) is 3.80. The first-order valence-corrected chi connectivity index (χ1v) is 9.67. The highest BCUT2D eigenvalue weighted by Gasteiger charge is 2.32. The number of hydrogen-bond acceptors (Lipinski definition) is 3. The molecule has 152 valence electrons. The summed E-state index contributed by atoms with van der Waals surface area (Å²) in [5.41, 5.74) is 4.85. The molecular formula is C24H25FO4. The zero-order chi connectivity index (χ0) is 21.3. The standard InChI is InChI=1S/C24H25FO4/c1-5-29-23(28)17-8-9-24(3,4)20-13-18(14(2)10-19(17)20)15-6-7-16(12-22(26)27)21(25)11-15/h6-8,10-11,13H,5,9,12H2,1-4H3,(H,26,27). The number of aryl methyl sites for hydroxylation is 1. The average Bonchev–Trinajstić information content (AvgIpc) is 2.63. The summed E-state index contributed by atoms with van der Waals surface area (Å²) in [6.07, 6.45) is 2.28. The monoisotopic (exact) mass is 396 g/mol. The first-order valence-electron chi connectivity index (χ1n) is 9.67. The Labute approximate surface area is 170 Å². The normalized spacial score (nSPS) is 14.7. The molecule has 0 spiro atoms. The van der Waals surface area contributed by atoms with Crippen molar-refractivity contribution in [2.45, 2.75) is 46.0 Å². The van der Waals surface area contributed by atoms with E-state index in [0.29, 0.717) is 24.2 Å². The van der Waals surface area contributed by atoms with E-state index in [9.17, 15) is 14.0 Å². The number of aliphatic carboxylic acids is 1. The van der Waals surface area contributed by atoms with Crippen LogP contribution in [0.15, 0.2) is 36.4 Å². The topological polar surface area (TPSA) is 63.6 Å². The zero-order valence-electron chi connectivity index (χ0n) is 17.1. The van der Waals surface area contributed by atoms with Crippen LogP contribution >= 0.6 is 0 Å². The molecule has 0 heterocycles. The molecular weight excluding hydrogens is 371 g/mol. The van der Waals surface area contributed by atoms with Crippen LogP contribution in [0.2, 0.25) is 0 Å². The van der Waals surface area contributed by atoms with Gasteiger partial charge in [-0.3, -0.25) is 4.79 Å². The molecule has 0 atom stereocenters. The highest BCUT2D eigenvalue weighted by atomic mass is 19.1. The molecule has 0 fully saturated rings. The van der Waals surface area contributed by atoms with Gasteiger partial charge in [-0.1, -0.05) is 38.1 Å². The molecule has 1 N–H and O–H groups in total. The number of esters is 1. The second-order valence-corrected chi connectivity index (χ2v) is 8.02. The third-order valence-corrected chi connectivity index (χ3v) is 5.40. The number of benzene rings is 2. The van der Waals surface area contributed by atoms with Crippen molar-refractivity contribution in [2.75, 3.05) is 6.61 Å². The Kier molecular flexibility index (Phi) is 5.60. The lowest BCUT2D eigenvalue weighted by molar-refractivity contribution is -0.137. The molecule has 0 bridgehead atoms. The van der Waals surface area contributed by atoms with Crippen LogP contribution in [-0.4, -0.2) is 23.7 Å². The number of halogens is 1. The predicted octanol–water partition coefficient (Wildman–Crippen LogP) is 5.06. The Hall–Kier alpha value is -2.95. The number of rotatable bonds is 5. The van der Waals surface area contributed by atoms with Gasteiger partial charge in [-0.25, -0.2) is 9.18 Å². The van der Waals surface area contributed by atoms with Crippen molar-refractivity contribution in [3.05, 3.63) is 64.5 Å². The van der Waals surface area contributed by atoms with Crippen LogP contribution in [0.4, 0.5) is 4.39 Å². The van der Waals surface area contributed by atoms with Gasteiger partial charge in [0.15, 0.2) is 0 Å². The highest BCUT2D eigenvalue weighted by molar-refractivity contribution is 6.17. The third-order valence-electron chi connectivity index (χ3n) is 5.40. The summed E-state index contributed by atoms with van der Waals surface area (Å²) >= 11 is 0. The van der Waals surface area contributed by atoms with Gasteiger partial charge in [0.1, 0.15) is 5.82 Å². The van der Waals surface area contributed by atoms with Gasteiger partial charge in [-0.05, 0) is 71.2 Å². The van der Waals surface area contributed by atoms with Crippen molar-refractivity contribution < 1.29 is 23.8 Å². The van der Waals surface area contributed by atoms with Gasteiger partial charge < -0.3 is 9.84 Å². The van der Waals surface area contributed by atoms with E-state index in [4.69, 9.17) is 9.84 Å². The summed E-state index contributed by atoms with van der Waals surface area (Å²) in [4.78, 5) is 23.3. The predicted molar refractivity (Wildman–Crippen MR) is 110 cm³/mol. The largest absolute Gasteiger partial charge is 0.481 e. The van der Waals surface area contributed by atoms with Crippen molar-refractivity contribution in [3.8, 4) is 11.1 Å². The molecule has 1 aliphatic rings. The zero-order valence-corrected chi connectivity index (χ0v) is 17.1. The Morgan fingerprint density at radius 1 is 1.17 bits per heavy atom. The smallest absolute Gasteiger partial charge is 0.338 e. The number of carbonyl (C=O) groups excluding carboxylic acids is 1. The van der Waals surface area contributed by atoms with E-state index in [-0.39, 0.29) is 23.4 Å². The molecule has 2 aromatic carbocycles. The van der Waals surface area contributed by atoms with Crippen molar-refractivity contribution in [2.24, 2.45) is 0 Å². The lowest BCUT2D eigenvalue weighted by atomic mass is 9.72. The minimum atomic E-state index is -1.07. The first kappa shape index (κ1) is 20.8. The number of fused-ring (bicyclic) bond motifs is 1. The molecule has 0 saturated heterocycles. The van der Waals surface area contributed by atoms with Crippen LogP contribution in [0.3, 0.4) is 0 Å². The molecule has 0 aliphatic heterocycles. The van der Waals surface area contributed by atoms with Gasteiger partial charge in [0.05, 0.1) is 18.6 Å². The molecule has 4 nitrogen and oxygen atoms in total. The second-order valence-electron chi connectivity index (χ2n) is 8.02. The number of carboxylic acid groups (broad SMARTS) is 1. The Balaban J connectivity index is 2.10. The van der Waals surface area contributed by atoms with Gasteiger partial charge >= 0.3 is 11.9 Å². The number of carbonyl (C=O) groups is 2. The minimum absolute atomic E-state index is 0.157. The van der Waals surface area contributed by atoms with Gasteiger partial charge in [0.25, 0.3) is 0 Å². The minimum Gasteiger partial charge on any atom is -0.481 e. The molecule has 29 heavy (non-hydrogen) atoms. The summed E-state index contributed by atoms with van der Waals surface area (Å²) in [5, 5.41) is 8.91. The van der Waals surface area contributed by atoms with Crippen LogP contribution in [0.25, 0.3) is 16.7 Å². The molecule has 0 saturated carbocycles. The summed E-state index contributed by atoms with van der Waals surface area (Å²) in [6, 6.07) is 8.62. The van der Waals surface area contributed by atoms with Crippen LogP contribution in [-0.2, 0) is 26.2 Å². The molecule has 1 aliphatic carbocycles. The van der Waals surface area contributed by atoms with E-state index >= 15 is 0 Å². The van der Waals surface area contributed by atoms with Crippen LogP contribution < -0.4 is 0 Å². The summed E-state index contributed by atoms with van der Waals surface area (Å²) in [5.74, 6) is -1.93. The molecule has 2 aromatic rings. The molecule has 0 radical (unpaired) electrons. The number of carboxylic acids is 1. The van der Waals surface area contributed by atoms with E-state index in [2.05, 4.69) is 13.8 Å². The van der Waals surface area contributed by atoms with Gasteiger partial charge in [0, 0.05) is 0 Å². The first-order chi connectivity index (χ1) is 13.6. The lowest BCUT2D eigenvalue weighted by Crippen LogP contribution is -2.24. The maximum atomic E-state index is 14.4. The van der Waals surface area contributed by atoms with Crippen molar-refractivity contribution >= 4 is 17.5 Å². The van der Waals surface area contributed by atoms with E-state index in [1.54, 1.807) is 13.0 Å². The van der Waals surface area contributed by atoms with E-state index in [1.807, 2.05) is 25.1 Å². The Bertz CT molecular complexity index is 1020. The van der Waals surface area contributed by atoms with Gasteiger partial charge in [0.2, 0.25) is 0 Å². The van der Waals surface area contributed by atoms with E-state index in [1.165, 1.54) is 12.1 Å². The Morgan fingerprint density at radius 3 is 2.52 bits per heavy atom. The van der Waals surface area contributed by atoms with Crippen molar-refractivity contribution in [1.29, 1.82) is 0 Å². The quantitative estimate of drug-likeness (QED) is 0.718.